The Morgan fingerprint density at radius 2 is 1.38 bits per heavy atom. The zero-order chi connectivity index (χ0) is 91.8. The number of sulfonamides is 1. The summed E-state index contributed by atoms with van der Waals surface area (Å²) in [4.78, 5) is 133. The number of hydrogen-bond donors (Lipinski definition) is 17. The lowest BCUT2D eigenvalue weighted by Crippen LogP contribution is -2.63. The number of carbonyl (C=O) groups excluding carboxylic acids is 8. The molecule has 3 saturated heterocycles. The summed E-state index contributed by atoms with van der Waals surface area (Å²) in [6, 6.07) is 10.8. The third-order valence-corrected chi connectivity index (χ3v) is 25.5. The van der Waals surface area contributed by atoms with Crippen LogP contribution in [0.3, 0.4) is 0 Å². The Hall–Kier alpha value is -10.5. The Labute approximate surface area is 741 Å². The number of Topliss-reactive ketones (excluding diaryl/α,β-unsaturated/α-hetero) is 2. The summed E-state index contributed by atoms with van der Waals surface area (Å²) in [7, 11) is -3.85. The van der Waals surface area contributed by atoms with Gasteiger partial charge in [0.1, 0.15) is 83.1 Å². The zero-order valence-electron chi connectivity index (χ0n) is 70.4. The molecule has 11 bridgehead atoms. The Kier molecular flexibility index (Phi) is 31.1. The number of fused-ring (bicyclic) bond motifs is 16. The molecule has 6 amide bonds. The summed E-state index contributed by atoms with van der Waals surface area (Å²) in [6.45, 7) is 10.3. The Morgan fingerprint density at radius 3 is 2.01 bits per heavy atom. The van der Waals surface area contributed by atoms with E-state index in [-0.39, 0.29) is 76.3 Å². The van der Waals surface area contributed by atoms with Crippen molar-refractivity contribution in [2.75, 3.05) is 26.3 Å². The van der Waals surface area contributed by atoms with Gasteiger partial charge in [-0.15, -0.1) is 0 Å². The third-order valence-electron chi connectivity index (χ3n) is 23.5. The van der Waals surface area contributed by atoms with Crippen LogP contribution in [-0.2, 0) is 73.9 Å². The van der Waals surface area contributed by atoms with Gasteiger partial charge in [-0.05, 0) is 160 Å². The smallest absolute Gasteiger partial charge is 0.408 e. The van der Waals surface area contributed by atoms with Crippen LogP contribution in [-0.4, -0.2) is 201 Å². The minimum Gasteiger partial charge on any atom is -0.507 e. The SMILES string of the molecule is CCCCCOc1ccc(S(=O)(=O)NCCCCCCNCc2c(O)cc3c(c2O)-c2cc(ccc2O)[C@H]2CC(=O)[C@@H]4NC(=O)[C@H](CC(N)=O)CC(=O)[C@H](NC(=O)[C@H](CC)CC(C)C)[C@H](O)c5ccc(c(Cl)c5)Oc5cc4cc(c5O[C@@H]4O[C@H](CO)[C@@H](O)[C@H](O)[C@H]4O[C@H]4C[C@]5(C)NC(=O)O[C@@H]5[C@H](C)O4)Oc4ccc(cc4Cl)[C@@H](O)[C@H](NC2=O)C(=O)N[C@@H]3C(=O)O)cc1. The number of nitrogens with two attached hydrogens (primary N) is 1. The number of nitrogens with one attached hydrogen (secondary N) is 7. The normalized spacial score (nSPS) is 26.4. The van der Waals surface area contributed by atoms with Crippen molar-refractivity contribution in [1.82, 2.24) is 36.6 Å². The Bertz CT molecular complexity index is 5220. The van der Waals surface area contributed by atoms with Crippen LogP contribution in [0, 0.1) is 17.8 Å². The minimum atomic E-state index is -3.85. The molecule has 127 heavy (non-hydrogen) atoms. The van der Waals surface area contributed by atoms with E-state index in [9.17, 15) is 73.6 Å². The highest BCUT2D eigenvalue weighted by atomic mass is 35.5. The summed E-state index contributed by atoms with van der Waals surface area (Å²) >= 11 is 14.4. The number of ketones is 2. The van der Waals surface area contributed by atoms with Gasteiger partial charge >= 0.3 is 12.1 Å². The number of aliphatic carboxylic acids is 1. The van der Waals surface area contributed by atoms with E-state index in [0.717, 1.165) is 73.9 Å². The lowest BCUT2D eigenvalue weighted by atomic mass is 9.84. The lowest BCUT2D eigenvalue weighted by Gasteiger charge is -2.46. The summed E-state index contributed by atoms with van der Waals surface area (Å²) in [5.41, 5.74) is 1.82. The average molecular weight is 1830 g/mol. The average Bonchev–Trinajstić information content (AvgIpc) is 1.70. The van der Waals surface area contributed by atoms with Crippen LogP contribution < -0.4 is 61.3 Å². The number of amides is 6. The van der Waals surface area contributed by atoms with Crippen LogP contribution >= 0.6 is 23.2 Å². The number of hydrogen-bond acceptors (Lipinski definition) is 28. The number of unbranched alkanes of at least 4 members (excludes halogenated alkanes) is 5. The third kappa shape index (κ3) is 22.1. The highest BCUT2D eigenvalue weighted by molar-refractivity contribution is 7.89. The van der Waals surface area contributed by atoms with E-state index in [1.807, 2.05) is 13.8 Å². The molecule has 0 aliphatic carbocycles. The number of ether oxygens (including phenoxy) is 8. The van der Waals surface area contributed by atoms with Crippen molar-refractivity contribution in [1.29, 1.82) is 0 Å². The molecular weight excluding hydrogens is 1720 g/mol. The van der Waals surface area contributed by atoms with Crippen molar-refractivity contribution in [3.8, 4) is 62.9 Å². The maximum Gasteiger partial charge on any atom is 0.408 e. The number of aliphatic hydroxyl groups excluding tert-OH is 5. The fraction of sp³-hybridized carbons (Fsp3) is 0.489. The number of carbonyl (C=O) groups is 9. The first kappa shape index (κ1) is 95.6. The molecule has 14 rings (SSSR count). The second kappa shape index (κ2) is 41.3. The predicted molar refractivity (Wildman–Crippen MR) is 453 cm³/mol. The van der Waals surface area contributed by atoms with Gasteiger partial charge in [0.25, 0.3) is 0 Å². The van der Waals surface area contributed by atoms with Gasteiger partial charge in [-0.2, -0.15) is 0 Å². The summed E-state index contributed by atoms with van der Waals surface area (Å²) in [5.74, 6) is -18.9. The number of phenols is 3. The second-order valence-corrected chi connectivity index (χ2v) is 35.8. The predicted octanol–water partition coefficient (Wildman–Crippen LogP) is 7.51. The maximum absolute atomic E-state index is 16.5. The van der Waals surface area contributed by atoms with Crippen molar-refractivity contribution < 1.29 is 135 Å². The zero-order valence-corrected chi connectivity index (χ0v) is 72.7. The molecule has 18 N–H and O–H groups in total. The number of carboxylic acid groups (broad SMARTS) is 1. The first-order valence-corrected chi connectivity index (χ1v) is 44.3. The molecular formula is C88H106Cl2N8O28S. The van der Waals surface area contributed by atoms with Gasteiger partial charge in [0, 0.05) is 61.4 Å². The van der Waals surface area contributed by atoms with Crippen molar-refractivity contribution in [2.24, 2.45) is 23.5 Å². The van der Waals surface area contributed by atoms with Crippen LogP contribution in [0.2, 0.25) is 10.0 Å². The highest BCUT2D eigenvalue weighted by Crippen LogP contribution is 2.52. The van der Waals surface area contributed by atoms with Crippen LogP contribution in [0.4, 0.5) is 4.79 Å². The fourth-order valence-corrected chi connectivity index (χ4v) is 18.2. The van der Waals surface area contributed by atoms with Crippen molar-refractivity contribution in [2.45, 2.75) is 233 Å². The topological polar surface area (TPSA) is 554 Å². The Morgan fingerprint density at radius 1 is 0.717 bits per heavy atom. The molecule has 6 aromatic rings. The van der Waals surface area contributed by atoms with Gasteiger partial charge in [0.05, 0.1) is 57.2 Å². The second-order valence-electron chi connectivity index (χ2n) is 33.3. The first-order chi connectivity index (χ1) is 60.4. The van der Waals surface area contributed by atoms with Gasteiger partial charge in [0.2, 0.25) is 51.6 Å². The van der Waals surface area contributed by atoms with E-state index in [2.05, 4.69) is 43.5 Å². The molecule has 3 fully saturated rings. The molecule has 0 spiro atoms. The van der Waals surface area contributed by atoms with Crippen LogP contribution in [0.15, 0.2) is 102 Å². The van der Waals surface area contributed by atoms with Crippen LogP contribution in [0.5, 0.6) is 51.7 Å². The number of phenolic OH excluding ortho intramolecular Hbond substituents is 3. The molecule has 0 unspecified atom stereocenters. The standard InChI is InChI=1S/C88H106Cl2N8O28S/c1-7-9-14-27-119-49-18-20-50(21-19-49)127(117,118)93-26-13-11-10-12-25-92-39-54-58(101)37-53-68(75(54)107)52-29-44(15-22-57(52)100)51-36-60(103)69-47-33-63(121-61-23-16-45(30-55(61)89)73(105)71(96-81(110)43(8-2)28-41(3)4)59(102)32-48(35-66(91)104)82(111)94-69)78(64(34-47)122-62-24-17-46(31-56(62)90)74(106)72(97-83(51)112)84(113)95-70(53)85(114)115)125-86-79(77(109)76(108)65(40-99)123-86)124-67-38-88(6)80(42(5)120-67)126-87(116)98-88/h15-24,29-31,33-34,37,41-43,48,51,65,67,69-74,76-77,79-80,86,92-93,99-101,105-109H,7-14,25-28,32,35-36,38-40H2,1-6H3,(H2,91,104)(H,94,111)(H,95,113)(H,96,110)(H,97,112)(H,98,116)(H,114,115)/t42-,43+,48-,51+,65+,67-,69+,70-,71-,72-,73+,74+,76+,77-,79+,80+,86-,88-/m0/s1. The molecule has 686 valence electrons. The van der Waals surface area contributed by atoms with Gasteiger partial charge in [-0.3, -0.25) is 33.6 Å². The molecule has 8 aliphatic rings. The van der Waals surface area contributed by atoms with E-state index >= 15 is 24.0 Å². The largest absolute Gasteiger partial charge is 0.507 e. The maximum atomic E-state index is 16.5. The van der Waals surface area contributed by atoms with E-state index in [1.54, 1.807) is 32.9 Å². The Balaban J connectivity index is 0.970. The molecule has 8 heterocycles. The summed E-state index contributed by atoms with van der Waals surface area (Å²) in [6.07, 6.45) is -15.4. The van der Waals surface area contributed by atoms with Gasteiger partial charge in [-0.25, -0.2) is 22.7 Å². The van der Waals surface area contributed by atoms with Gasteiger partial charge < -0.3 is 121 Å². The first-order valence-electron chi connectivity index (χ1n) is 42.1. The monoisotopic (exact) mass is 1820 g/mol. The van der Waals surface area contributed by atoms with E-state index < -0.39 is 265 Å². The van der Waals surface area contributed by atoms with E-state index in [1.165, 1.54) is 30.3 Å². The van der Waals surface area contributed by atoms with E-state index in [4.69, 9.17) is 66.8 Å². The highest BCUT2D eigenvalue weighted by Gasteiger charge is 2.56. The molecule has 6 aromatic carbocycles. The van der Waals surface area contributed by atoms with Crippen molar-refractivity contribution in [3.05, 3.63) is 140 Å². The van der Waals surface area contributed by atoms with Crippen molar-refractivity contribution >= 4 is 86.4 Å². The van der Waals surface area contributed by atoms with E-state index in [0.29, 0.717) is 44.5 Å². The molecule has 18 atom stereocenters. The number of alkyl carbamates (subject to hydrolysis) is 1. The number of carboxylic acids is 1. The van der Waals surface area contributed by atoms with Gasteiger partial charge in [-0.1, -0.05) is 94.8 Å². The molecule has 0 saturated carbocycles. The van der Waals surface area contributed by atoms with Crippen molar-refractivity contribution in [3.63, 3.8) is 0 Å². The molecule has 36 nitrogen and oxygen atoms in total. The number of aliphatic hydroxyl groups is 5. The summed E-state index contributed by atoms with van der Waals surface area (Å²) < 4.78 is 79.3. The summed E-state index contributed by atoms with van der Waals surface area (Å²) in [5, 5.41) is 123. The molecule has 39 heteroatoms. The molecule has 8 aliphatic heterocycles. The number of rotatable bonds is 29. The molecule has 0 aromatic heterocycles. The quantitative estimate of drug-likeness (QED) is 0.0202. The van der Waals surface area contributed by atoms with Crippen LogP contribution in [0.25, 0.3) is 11.1 Å². The lowest BCUT2D eigenvalue weighted by molar-refractivity contribution is -0.332. The van der Waals surface area contributed by atoms with Gasteiger partial charge in [0.15, 0.2) is 47.6 Å². The number of benzene rings is 6. The number of aromatic hydroxyl groups is 3. The molecule has 0 radical (unpaired) electrons. The fourth-order valence-electron chi connectivity index (χ4n) is 16.7. The van der Waals surface area contributed by atoms with Crippen LogP contribution in [0.1, 0.15) is 189 Å². The number of primary amides is 1. The number of halogens is 2. The minimum absolute atomic E-state index is 0.0376.